The Bertz CT molecular complexity index is 695. The molecule has 1 saturated heterocycles. The lowest BCUT2D eigenvalue weighted by atomic mass is 10.2. The van der Waals surface area contributed by atoms with Crippen molar-refractivity contribution in [3.8, 4) is 0 Å². The van der Waals surface area contributed by atoms with E-state index in [2.05, 4.69) is 37.0 Å². The van der Waals surface area contributed by atoms with E-state index in [0.717, 1.165) is 44.2 Å². The predicted molar refractivity (Wildman–Crippen MR) is 87.9 cm³/mol. The first kappa shape index (κ1) is 15.1. The van der Waals surface area contributed by atoms with Crippen LogP contribution in [0, 0.1) is 5.82 Å². The fourth-order valence-electron chi connectivity index (χ4n) is 2.95. The van der Waals surface area contributed by atoms with Crippen LogP contribution in [0.25, 0.3) is 0 Å². The number of halogens is 2. The Hall–Kier alpha value is -1.47. The molecule has 1 saturated carbocycles. The highest BCUT2D eigenvalue weighted by Crippen LogP contribution is 2.40. The van der Waals surface area contributed by atoms with E-state index >= 15 is 0 Å². The van der Waals surface area contributed by atoms with Crippen molar-refractivity contribution in [3.63, 3.8) is 0 Å². The summed E-state index contributed by atoms with van der Waals surface area (Å²) in [7, 11) is 0. The molecule has 0 amide bonds. The highest BCUT2D eigenvalue weighted by Gasteiger charge is 2.28. The maximum atomic E-state index is 14.0. The predicted octanol–water partition coefficient (Wildman–Crippen LogP) is 3.17. The van der Waals surface area contributed by atoms with Crippen LogP contribution in [-0.4, -0.2) is 41.2 Å². The number of nitrogens with zero attached hydrogens (tertiary/aromatic N) is 4. The Balaban J connectivity index is 1.34. The zero-order valence-corrected chi connectivity index (χ0v) is 14.3. The minimum Gasteiger partial charge on any atom is -0.361 e. The first-order valence-corrected chi connectivity index (χ1v) is 8.72. The van der Waals surface area contributed by atoms with Crippen LogP contribution in [0.2, 0.25) is 0 Å². The lowest BCUT2D eigenvalue weighted by Crippen LogP contribution is -2.46. The number of hydrogen-bond acceptors (Lipinski definition) is 5. The van der Waals surface area contributed by atoms with Crippen molar-refractivity contribution in [1.82, 2.24) is 15.0 Å². The van der Waals surface area contributed by atoms with Gasteiger partial charge in [-0.3, -0.25) is 4.90 Å². The molecule has 2 fully saturated rings. The molecule has 23 heavy (non-hydrogen) atoms. The topological polar surface area (TPSA) is 45.4 Å². The molecule has 0 radical (unpaired) electrons. The molecule has 7 heteroatoms. The summed E-state index contributed by atoms with van der Waals surface area (Å²) in [5.74, 6) is 1.78. The molecule has 5 nitrogen and oxygen atoms in total. The second-order valence-corrected chi connectivity index (χ2v) is 7.13. The molecule has 2 aromatic heterocycles. The summed E-state index contributed by atoms with van der Waals surface area (Å²) in [6.45, 7) is 4.05. The minimum atomic E-state index is -0.279. The summed E-state index contributed by atoms with van der Waals surface area (Å²) in [6, 6.07) is 3.55. The average molecular weight is 381 g/mol. The van der Waals surface area contributed by atoms with Crippen molar-refractivity contribution < 1.29 is 8.91 Å². The first-order valence-electron chi connectivity index (χ1n) is 7.93. The van der Waals surface area contributed by atoms with Crippen LogP contribution in [-0.2, 0) is 6.54 Å². The van der Waals surface area contributed by atoms with Crippen molar-refractivity contribution in [2.24, 2.45) is 0 Å². The third-order valence-electron chi connectivity index (χ3n) is 4.40. The molecule has 2 aromatic rings. The zero-order valence-electron chi connectivity index (χ0n) is 12.7. The van der Waals surface area contributed by atoms with Gasteiger partial charge in [-0.1, -0.05) is 5.16 Å². The molecule has 3 heterocycles. The van der Waals surface area contributed by atoms with Gasteiger partial charge in [-0.2, -0.15) is 0 Å². The van der Waals surface area contributed by atoms with E-state index in [1.165, 1.54) is 18.9 Å². The number of pyridine rings is 1. The second-order valence-electron chi connectivity index (χ2n) is 6.22. The smallest absolute Gasteiger partial charge is 0.166 e. The maximum Gasteiger partial charge on any atom is 0.166 e. The third-order valence-corrected chi connectivity index (χ3v) is 4.84. The molecule has 122 valence electrons. The van der Waals surface area contributed by atoms with Gasteiger partial charge in [0.25, 0.3) is 0 Å². The average Bonchev–Trinajstić information content (AvgIpc) is 3.29. The molecule has 4 rings (SSSR count). The normalized spacial score (nSPS) is 19.3. The van der Waals surface area contributed by atoms with E-state index in [0.29, 0.717) is 16.2 Å². The monoisotopic (exact) mass is 380 g/mol. The highest BCUT2D eigenvalue weighted by molar-refractivity contribution is 9.10. The van der Waals surface area contributed by atoms with E-state index in [1.807, 2.05) is 4.90 Å². The van der Waals surface area contributed by atoms with Crippen LogP contribution in [0.1, 0.15) is 30.2 Å². The van der Waals surface area contributed by atoms with Gasteiger partial charge in [0, 0.05) is 55.4 Å². The van der Waals surface area contributed by atoms with Crippen LogP contribution in [0.15, 0.2) is 27.3 Å². The number of rotatable bonds is 4. The quantitative estimate of drug-likeness (QED) is 0.814. The number of anilines is 1. The van der Waals surface area contributed by atoms with Gasteiger partial charge in [0.15, 0.2) is 11.6 Å². The van der Waals surface area contributed by atoms with E-state index in [9.17, 15) is 4.39 Å². The van der Waals surface area contributed by atoms with Crippen LogP contribution < -0.4 is 4.90 Å². The van der Waals surface area contributed by atoms with Gasteiger partial charge in [-0.25, -0.2) is 9.37 Å². The SMILES string of the molecule is Fc1cc(Br)cnc1N1CCN(Cc2cc(C3CC3)on2)CC1. The van der Waals surface area contributed by atoms with Crippen molar-refractivity contribution in [3.05, 3.63) is 40.1 Å². The molecule has 0 N–H and O–H groups in total. The van der Waals surface area contributed by atoms with Crippen LogP contribution >= 0.6 is 15.9 Å². The molecule has 0 spiro atoms. The lowest BCUT2D eigenvalue weighted by Gasteiger charge is -2.35. The Morgan fingerprint density at radius 2 is 2.00 bits per heavy atom. The van der Waals surface area contributed by atoms with Gasteiger partial charge in [0.05, 0.1) is 5.69 Å². The van der Waals surface area contributed by atoms with E-state index < -0.39 is 0 Å². The number of hydrogen-bond donors (Lipinski definition) is 0. The molecular weight excluding hydrogens is 363 g/mol. The van der Waals surface area contributed by atoms with E-state index in [1.54, 1.807) is 6.20 Å². The molecule has 0 unspecified atom stereocenters. The van der Waals surface area contributed by atoms with Crippen LogP contribution in [0.4, 0.5) is 10.2 Å². The first-order chi connectivity index (χ1) is 11.2. The summed E-state index contributed by atoms with van der Waals surface area (Å²) >= 11 is 3.24. The number of aromatic nitrogens is 2. The Labute approximate surface area is 142 Å². The zero-order chi connectivity index (χ0) is 15.8. The van der Waals surface area contributed by atoms with E-state index in [4.69, 9.17) is 4.52 Å². The Morgan fingerprint density at radius 1 is 1.22 bits per heavy atom. The van der Waals surface area contributed by atoms with E-state index in [-0.39, 0.29) is 5.82 Å². The summed E-state index contributed by atoms with van der Waals surface area (Å²) in [4.78, 5) is 8.52. The van der Waals surface area contributed by atoms with Crippen LogP contribution in [0.3, 0.4) is 0 Å². The largest absolute Gasteiger partial charge is 0.361 e. The van der Waals surface area contributed by atoms with Crippen molar-refractivity contribution in [2.45, 2.75) is 25.3 Å². The van der Waals surface area contributed by atoms with Gasteiger partial charge in [-0.05, 0) is 34.8 Å². The molecule has 1 aliphatic carbocycles. The summed E-state index contributed by atoms with van der Waals surface area (Å²) in [6.07, 6.45) is 4.08. The van der Waals surface area contributed by atoms with Crippen molar-refractivity contribution >= 4 is 21.7 Å². The molecule has 0 bridgehead atoms. The summed E-state index contributed by atoms with van der Waals surface area (Å²) < 4.78 is 20.1. The minimum absolute atomic E-state index is 0.279. The molecule has 0 aromatic carbocycles. The fraction of sp³-hybridized carbons (Fsp3) is 0.500. The van der Waals surface area contributed by atoms with Gasteiger partial charge in [0.2, 0.25) is 0 Å². The van der Waals surface area contributed by atoms with Crippen molar-refractivity contribution in [1.29, 1.82) is 0 Å². The number of piperazine rings is 1. The Kier molecular flexibility index (Phi) is 4.07. The summed E-state index contributed by atoms with van der Waals surface area (Å²) in [5, 5.41) is 4.16. The Morgan fingerprint density at radius 3 is 2.70 bits per heavy atom. The highest BCUT2D eigenvalue weighted by atomic mass is 79.9. The molecular formula is C16H18BrFN4O. The molecule has 2 aliphatic rings. The second kappa shape index (κ2) is 6.20. The lowest BCUT2D eigenvalue weighted by molar-refractivity contribution is 0.240. The van der Waals surface area contributed by atoms with Crippen LogP contribution in [0.5, 0.6) is 0 Å². The fourth-order valence-corrected chi connectivity index (χ4v) is 3.25. The van der Waals surface area contributed by atoms with Gasteiger partial charge >= 0.3 is 0 Å². The standard InChI is InChI=1S/C16H18BrFN4O/c17-12-7-14(18)16(19-9-12)22-5-3-21(4-6-22)10-13-8-15(23-20-13)11-1-2-11/h7-9,11H,1-6,10H2. The summed E-state index contributed by atoms with van der Waals surface area (Å²) in [5.41, 5.74) is 0.994. The molecule has 0 atom stereocenters. The van der Waals surface area contributed by atoms with Gasteiger partial charge < -0.3 is 9.42 Å². The third kappa shape index (κ3) is 3.40. The molecule has 1 aliphatic heterocycles. The van der Waals surface area contributed by atoms with Gasteiger partial charge in [0.1, 0.15) is 5.76 Å². The van der Waals surface area contributed by atoms with Crippen molar-refractivity contribution in [2.75, 3.05) is 31.1 Å². The van der Waals surface area contributed by atoms with Gasteiger partial charge in [-0.15, -0.1) is 0 Å². The maximum absolute atomic E-state index is 14.0.